The predicted molar refractivity (Wildman–Crippen MR) is 76.2 cm³/mol. The molecule has 19 heavy (non-hydrogen) atoms. The smallest absolute Gasteiger partial charge is 0.274 e. The number of aromatic nitrogens is 2. The molecule has 4 heteroatoms. The summed E-state index contributed by atoms with van der Waals surface area (Å²) in [5.41, 5.74) is 0.0295. The van der Waals surface area contributed by atoms with Crippen LogP contribution in [0, 0.1) is 5.92 Å². The fraction of sp³-hybridized carbons (Fsp3) is 0.467. The lowest BCUT2D eigenvalue weighted by Gasteiger charge is -2.22. The van der Waals surface area contributed by atoms with Gasteiger partial charge in [0.1, 0.15) is 0 Å². The molecule has 1 aromatic heterocycles. The Hall–Kier alpha value is -1.68. The Morgan fingerprint density at radius 2 is 2.26 bits per heavy atom. The minimum absolute atomic E-state index is 0.0295. The van der Waals surface area contributed by atoms with Gasteiger partial charge in [0.25, 0.3) is 5.56 Å². The van der Waals surface area contributed by atoms with Crippen LogP contribution in [0.15, 0.2) is 35.3 Å². The summed E-state index contributed by atoms with van der Waals surface area (Å²) in [4.78, 5) is 12.3. The molecule has 0 saturated carbocycles. The first-order valence-electron chi connectivity index (χ1n) is 7.00. The van der Waals surface area contributed by atoms with Crippen LogP contribution in [-0.2, 0) is 6.54 Å². The second-order valence-corrected chi connectivity index (χ2v) is 5.26. The Morgan fingerprint density at radius 1 is 1.37 bits per heavy atom. The highest BCUT2D eigenvalue weighted by atomic mass is 16.1. The molecule has 3 rings (SSSR count). The van der Waals surface area contributed by atoms with Gasteiger partial charge in [-0.2, -0.15) is 5.10 Å². The van der Waals surface area contributed by atoms with Gasteiger partial charge in [-0.25, -0.2) is 4.68 Å². The summed E-state index contributed by atoms with van der Waals surface area (Å²) in [7, 11) is 0. The molecule has 1 saturated heterocycles. The van der Waals surface area contributed by atoms with E-state index in [1.807, 2.05) is 24.3 Å². The molecule has 1 fully saturated rings. The third-order valence-corrected chi connectivity index (χ3v) is 3.91. The Kier molecular flexibility index (Phi) is 3.60. The van der Waals surface area contributed by atoms with Gasteiger partial charge >= 0.3 is 0 Å². The molecule has 1 aliphatic rings. The highest BCUT2D eigenvalue weighted by molar-refractivity contribution is 5.80. The molecule has 100 valence electrons. The first kappa shape index (κ1) is 12.4. The SMILES string of the molecule is O=c1c2ccccc2cnn1CCC1CCCNC1. The third-order valence-electron chi connectivity index (χ3n) is 3.91. The van der Waals surface area contributed by atoms with Gasteiger partial charge in [0, 0.05) is 11.9 Å². The van der Waals surface area contributed by atoms with Crippen LogP contribution in [0.5, 0.6) is 0 Å². The molecule has 1 N–H and O–H groups in total. The molecule has 0 radical (unpaired) electrons. The average Bonchev–Trinajstić information content (AvgIpc) is 2.48. The van der Waals surface area contributed by atoms with E-state index < -0.39 is 0 Å². The van der Waals surface area contributed by atoms with E-state index in [1.54, 1.807) is 10.9 Å². The average molecular weight is 257 g/mol. The van der Waals surface area contributed by atoms with E-state index in [0.29, 0.717) is 5.92 Å². The van der Waals surface area contributed by atoms with Crippen molar-refractivity contribution >= 4 is 10.8 Å². The van der Waals surface area contributed by atoms with Gasteiger partial charge in [-0.15, -0.1) is 0 Å². The van der Waals surface area contributed by atoms with Crippen molar-refractivity contribution in [2.75, 3.05) is 13.1 Å². The van der Waals surface area contributed by atoms with Crippen molar-refractivity contribution in [3.8, 4) is 0 Å². The first-order valence-corrected chi connectivity index (χ1v) is 7.00. The standard InChI is InChI=1S/C15H19N3O/c19-15-14-6-2-1-5-13(14)11-17-18(15)9-7-12-4-3-8-16-10-12/h1-2,5-6,11-12,16H,3-4,7-10H2. The largest absolute Gasteiger partial charge is 0.316 e. The molecule has 1 unspecified atom stereocenters. The van der Waals surface area contributed by atoms with Crippen LogP contribution in [0.25, 0.3) is 10.8 Å². The number of hydrogen-bond acceptors (Lipinski definition) is 3. The summed E-state index contributed by atoms with van der Waals surface area (Å²) in [6.45, 7) is 2.92. The lowest BCUT2D eigenvalue weighted by Crippen LogP contribution is -2.31. The topological polar surface area (TPSA) is 46.9 Å². The zero-order valence-corrected chi connectivity index (χ0v) is 11.0. The van der Waals surface area contributed by atoms with Crippen LogP contribution in [-0.4, -0.2) is 22.9 Å². The summed E-state index contributed by atoms with van der Waals surface area (Å²) in [6, 6.07) is 7.64. The highest BCUT2D eigenvalue weighted by Crippen LogP contribution is 2.14. The van der Waals surface area contributed by atoms with Crippen molar-refractivity contribution in [2.45, 2.75) is 25.8 Å². The van der Waals surface area contributed by atoms with E-state index in [4.69, 9.17) is 0 Å². The second kappa shape index (κ2) is 5.53. The molecule has 0 spiro atoms. The quantitative estimate of drug-likeness (QED) is 0.912. The summed E-state index contributed by atoms with van der Waals surface area (Å²) in [5, 5.41) is 9.36. The van der Waals surface area contributed by atoms with Crippen molar-refractivity contribution in [2.24, 2.45) is 5.92 Å². The van der Waals surface area contributed by atoms with Gasteiger partial charge in [-0.3, -0.25) is 4.79 Å². The molecule has 0 bridgehead atoms. The Balaban J connectivity index is 1.77. The predicted octanol–water partition coefficient (Wildman–Crippen LogP) is 1.79. The van der Waals surface area contributed by atoms with Gasteiger partial charge in [0.05, 0.1) is 11.6 Å². The van der Waals surface area contributed by atoms with Crippen LogP contribution < -0.4 is 10.9 Å². The number of rotatable bonds is 3. The number of nitrogens with one attached hydrogen (secondary N) is 1. The number of fused-ring (bicyclic) bond motifs is 1. The molecular formula is C15H19N3O. The van der Waals surface area contributed by atoms with Gasteiger partial charge in [0.15, 0.2) is 0 Å². The Morgan fingerprint density at radius 3 is 3.11 bits per heavy atom. The van der Waals surface area contributed by atoms with Crippen LogP contribution in [0.3, 0.4) is 0 Å². The number of hydrogen-bond donors (Lipinski definition) is 1. The van der Waals surface area contributed by atoms with E-state index in [-0.39, 0.29) is 5.56 Å². The first-order chi connectivity index (χ1) is 9.34. The summed E-state index contributed by atoms with van der Waals surface area (Å²) in [6.07, 6.45) is 5.31. The normalized spacial score (nSPS) is 19.7. The molecule has 0 amide bonds. The molecule has 4 nitrogen and oxygen atoms in total. The van der Waals surface area contributed by atoms with Crippen LogP contribution >= 0.6 is 0 Å². The molecule has 1 aromatic carbocycles. The van der Waals surface area contributed by atoms with E-state index in [0.717, 1.165) is 36.8 Å². The second-order valence-electron chi connectivity index (χ2n) is 5.26. The molecular weight excluding hydrogens is 238 g/mol. The zero-order valence-electron chi connectivity index (χ0n) is 11.0. The summed E-state index contributed by atoms with van der Waals surface area (Å²) < 4.78 is 1.61. The van der Waals surface area contributed by atoms with Crippen molar-refractivity contribution in [1.82, 2.24) is 15.1 Å². The van der Waals surface area contributed by atoms with Crippen LogP contribution in [0.4, 0.5) is 0 Å². The maximum Gasteiger partial charge on any atom is 0.274 e. The van der Waals surface area contributed by atoms with Crippen LogP contribution in [0.1, 0.15) is 19.3 Å². The lowest BCUT2D eigenvalue weighted by molar-refractivity contribution is 0.333. The minimum atomic E-state index is 0.0295. The fourth-order valence-corrected chi connectivity index (χ4v) is 2.76. The van der Waals surface area contributed by atoms with Crippen molar-refractivity contribution in [1.29, 1.82) is 0 Å². The summed E-state index contributed by atoms with van der Waals surface area (Å²) >= 11 is 0. The molecule has 0 aliphatic carbocycles. The van der Waals surface area contributed by atoms with E-state index in [9.17, 15) is 4.79 Å². The highest BCUT2D eigenvalue weighted by Gasteiger charge is 2.13. The van der Waals surface area contributed by atoms with Crippen molar-refractivity contribution in [3.63, 3.8) is 0 Å². The van der Waals surface area contributed by atoms with Gasteiger partial charge < -0.3 is 5.32 Å². The van der Waals surface area contributed by atoms with E-state index >= 15 is 0 Å². The Bertz CT molecular complexity index is 614. The van der Waals surface area contributed by atoms with Crippen molar-refractivity contribution < 1.29 is 0 Å². The van der Waals surface area contributed by atoms with E-state index in [1.165, 1.54) is 12.8 Å². The van der Waals surface area contributed by atoms with Gasteiger partial charge in [-0.05, 0) is 44.3 Å². The maximum absolute atomic E-state index is 12.3. The minimum Gasteiger partial charge on any atom is -0.316 e. The summed E-state index contributed by atoms with van der Waals surface area (Å²) in [5.74, 6) is 0.675. The van der Waals surface area contributed by atoms with Crippen molar-refractivity contribution in [3.05, 3.63) is 40.8 Å². The van der Waals surface area contributed by atoms with E-state index in [2.05, 4.69) is 10.4 Å². The molecule has 1 aliphatic heterocycles. The number of benzene rings is 1. The third kappa shape index (κ3) is 2.68. The lowest BCUT2D eigenvalue weighted by atomic mass is 9.96. The zero-order chi connectivity index (χ0) is 13.1. The van der Waals surface area contributed by atoms with Gasteiger partial charge in [-0.1, -0.05) is 18.2 Å². The molecule has 1 atom stereocenters. The fourth-order valence-electron chi connectivity index (χ4n) is 2.76. The Labute approximate surface area is 112 Å². The molecule has 2 heterocycles. The monoisotopic (exact) mass is 257 g/mol. The molecule has 2 aromatic rings. The number of piperidine rings is 1. The number of nitrogens with zero attached hydrogens (tertiary/aromatic N) is 2. The maximum atomic E-state index is 12.3. The number of aryl methyl sites for hydroxylation is 1. The van der Waals surface area contributed by atoms with Crippen LogP contribution in [0.2, 0.25) is 0 Å². The van der Waals surface area contributed by atoms with Gasteiger partial charge in [0.2, 0.25) is 0 Å².